The Hall–Kier alpha value is -1.30. The number of hydrogen-bond donors (Lipinski definition) is 2. The average molecular weight is 284 g/mol. The lowest BCUT2D eigenvalue weighted by atomic mass is 9.94. The Balaban J connectivity index is 2.00. The van der Waals surface area contributed by atoms with Crippen molar-refractivity contribution in [1.29, 1.82) is 0 Å². The van der Waals surface area contributed by atoms with Crippen molar-refractivity contribution >= 4 is 12.0 Å². The van der Waals surface area contributed by atoms with Crippen molar-refractivity contribution in [2.45, 2.75) is 44.8 Å². The van der Waals surface area contributed by atoms with Gasteiger partial charge in [0, 0.05) is 20.2 Å². The average Bonchev–Trinajstić information content (AvgIpc) is 2.95. The first-order valence-corrected chi connectivity index (χ1v) is 7.18. The summed E-state index contributed by atoms with van der Waals surface area (Å²) in [5.74, 6) is -0.425. The standard InChI is InChI=1S/C14H24N2O4/c1-14(2,20-3)8-15-13(19)16-7-9-5-4-6-10(9)11(16)12(17)18/h9-11H,4-8H2,1-3H3,(H,15,19)(H,17,18). The van der Waals surface area contributed by atoms with Crippen molar-refractivity contribution in [3.63, 3.8) is 0 Å². The van der Waals surface area contributed by atoms with Crippen molar-refractivity contribution in [3.8, 4) is 0 Å². The summed E-state index contributed by atoms with van der Waals surface area (Å²) in [6.45, 7) is 4.67. The van der Waals surface area contributed by atoms with Crippen molar-refractivity contribution < 1.29 is 19.4 Å². The third-order valence-electron chi connectivity index (χ3n) is 4.62. The Morgan fingerprint density at radius 2 is 2.10 bits per heavy atom. The van der Waals surface area contributed by atoms with E-state index in [0.717, 1.165) is 19.3 Å². The Morgan fingerprint density at radius 3 is 2.70 bits per heavy atom. The molecule has 2 rings (SSSR count). The van der Waals surface area contributed by atoms with Gasteiger partial charge in [0.05, 0.1) is 5.60 Å². The van der Waals surface area contributed by atoms with E-state index >= 15 is 0 Å². The molecule has 1 aliphatic carbocycles. The highest BCUT2D eigenvalue weighted by atomic mass is 16.5. The molecule has 0 bridgehead atoms. The zero-order valence-corrected chi connectivity index (χ0v) is 12.4. The van der Waals surface area contributed by atoms with Gasteiger partial charge < -0.3 is 20.1 Å². The maximum Gasteiger partial charge on any atom is 0.326 e. The van der Waals surface area contributed by atoms with Crippen LogP contribution in [0.5, 0.6) is 0 Å². The Morgan fingerprint density at radius 1 is 1.40 bits per heavy atom. The molecular weight excluding hydrogens is 260 g/mol. The number of carbonyl (C=O) groups excluding carboxylic acids is 1. The van der Waals surface area contributed by atoms with Crippen LogP contribution in [-0.2, 0) is 9.53 Å². The molecule has 3 atom stereocenters. The van der Waals surface area contributed by atoms with Crippen LogP contribution in [-0.4, -0.2) is 53.8 Å². The summed E-state index contributed by atoms with van der Waals surface area (Å²) in [4.78, 5) is 25.2. The van der Waals surface area contributed by atoms with Gasteiger partial charge >= 0.3 is 12.0 Å². The maximum absolute atomic E-state index is 12.2. The molecule has 20 heavy (non-hydrogen) atoms. The van der Waals surface area contributed by atoms with E-state index in [-0.39, 0.29) is 11.9 Å². The van der Waals surface area contributed by atoms with Crippen LogP contribution >= 0.6 is 0 Å². The Labute approximate surface area is 119 Å². The molecule has 2 N–H and O–H groups in total. The molecular formula is C14H24N2O4. The number of carboxylic acid groups (broad SMARTS) is 1. The number of aliphatic carboxylic acids is 1. The molecule has 114 valence electrons. The zero-order valence-electron chi connectivity index (χ0n) is 12.4. The second kappa shape index (κ2) is 5.60. The molecule has 1 aliphatic heterocycles. The van der Waals surface area contributed by atoms with Gasteiger partial charge in [-0.2, -0.15) is 0 Å². The molecule has 0 aromatic carbocycles. The smallest absolute Gasteiger partial charge is 0.326 e. The molecule has 0 aromatic rings. The maximum atomic E-state index is 12.2. The van der Waals surface area contributed by atoms with E-state index in [9.17, 15) is 14.7 Å². The van der Waals surface area contributed by atoms with Crippen LogP contribution in [0.4, 0.5) is 4.79 Å². The summed E-state index contributed by atoms with van der Waals surface area (Å²) in [6.07, 6.45) is 3.02. The summed E-state index contributed by atoms with van der Waals surface area (Å²) in [6, 6.07) is -0.968. The lowest BCUT2D eigenvalue weighted by Crippen LogP contribution is -2.50. The molecule has 6 heteroatoms. The summed E-state index contributed by atoms with van der Waals surface area (Å²) in [7, 11) is 1.59. The minimum atomic E-state index is -0.888. The van der Waals surface area contributed by atoms with Crippen LogP contribution in [0, 0.1) is 11.8 Å². The highest BCUT2D eigenvalue weighted by Gasteiger charge is 2.49. The van der Waals surface area contributed by atoms with E-state index in [1.807, 2.05) is 13.8 Å². The second-order valence-electron chi connectivity index (χ2n) is 6.41. The molecule has 3 unspecified atom stereocenters. The van der Waals surface area contributed by atoms with E-state index < -0.39 is 17.6 Å². The van der Waals surface area contributed by atoms with E-state index in [1.54, 1.807) is 7.11 Å². The Bertz CT molecular complexity index is 397. The molecule has 2 aliphatic rings. The molecule has 1 saturated carbocycles. The number of likely N-dealkylation sites (tertiary alicyclic amines) is 1. The summed E-state index contributed by atoms with van der Waals surface area (Å²) >= 11 is 0. The van der Waals surface area contributed by atoms with Gasteiger partial charge in [-0.3, -0.25) is 0 Å². The zero-order chi connectivity index (χ0) is 14.9. The van der Waals surface area contributed by atoms with Crippen molar-refractivity contribution in [1.82, 2.24) is 10.2 Å². The fourth-order valence-corrected chi connectivity index (χ4v) is 3.29. The highest BCUT2D eigenvalue weighted by molar-refractivity contribution is 5.83. The molecule has 2 fully saturated rings. The van der Waals surface area contributed by atoms with Gasteiger partial charge in [0.25, 0.3) is 0 Å². The summed E-state index contributed by atoms with van der Waals surface area (Å²) in [5.41, 5.74) is -0.454. The monoisotopic (exact) mass is 284 g/mol. The second-order valence-corrected chi connectivity index (χ2v) is 6.41. The minimum Gasteiger partial charge on any atom is -0.480 e. The summed E-state index contributed by atoms with van der Waals surface area (Å²) < 4.78 is 5.25. The fourth-order valence-electron chi connectivity index (χ4n) is 3.29. The number of methoxy groups -OCH3 is 1. The minimum absolute atomic E-state index is 0.119. The number of urea groups is 1. The lowest BCUT2D eigenvalue weighted by Gasteiger charge is -2.28. The largest absolute Gasteiger partial charge is 0.480 e. The van der Waals surface area contributed by atoms with Crippen LogP contribution in [0.3, 0.4) is 0 Å². The summed E-state index contributed by atoms with van der Waals surface area (Å²) in [5, 5.41) is 12.2. The van der Waals surface area contributed by atoms with Crippen LogP contribution < -0.4 is 5.32 Å². The molecule has 1 saturated heterocycles. The van der Waals surface area contributed by atoms with Gasteiger partial charge in [0.15, 0.2) is 0 Å². The third kappa shape index (κ3) is 2.90. The third-order valence-corrected chi connectivity index (χ3v) is 4.62. The van der Waals surface area contributed by atoms with Crippen molar-refractivity contribution in [2.75, 3.05) is 20.2 Å². The van der Waals surface area contributed by atoms with Crippen LogP contribution in [0.15, 0.2) is 0 Å². The van der Waals surface area contributed by atoms with E-state index in [1.165, 1.54) is 4.90 Å². The first kappa shape index (κ1) is 15.1. The SMILES string of the molecule is COC(C)(C)CNC(=O)N1CC2CCCC2C1C(=O)O. The van der Waals surface area contributed by atoms with E-state index in [0.29, 0.717) is 19.0 Å². The number of amides is 2. The first-order valence-electron chi connectivity index (χ1n) is 7.18. The van der Waals surface area contributed by atoms with Gasteiger partial charge in [-0.05, 0) is 38.5 Å². The number of nitrogens with zero attached hydrogens (tertiary/aromatic N) is 1. The molecule has 6 nitrogen and oxygen atoms in total. The van der Waals surface area contributed by atoms with Gasteiger partial charge in [-0.1, -0.05) is 6.42 Å². The number of carbonyl (C=O) groups is 2. The van der Waals surface area contributed by atoms with Crippen LogP contribution in [0.1, 0.15) is 33.1 Å². The Kier molecular flexibility index (Phi) is 4.22. The van der Waals surface area contributed by atoms with Crippen molar-refractivity contribution in [2.24, 2.45) is 11.8 Å². The number of rotatable bonds is 4. The van der Waals surface area contributed by atoms with E-state index in [4.69, 9.17) is 4.74 Å². The fraction of sp³-hybridized carbons (Fsp3) is 0.857. The van der Waals surface area contributed by atoms with Gasteiger partial charge in [0.2, 0.25) is 0 Å². The molecule has 0 aromatic heterocycles. The van der Waals surface area contributed by atoms with Gasteiger partial charge in [-0.25, -0.2) is 9.59 Å². The molecule has 0 radical (unpaired) electrons. The molecule has 0 spiro atoms. The normalized spacial score (nSPS) is 29.4. The molecule has 2 amide bonds. The van der Waals surface area contributed by atoms with Gasteiger partial charge in [-0.15, -0.1) is 0 Å². The number of hydrogen-bond acceptors (Lipinski definition) is 3. The van der Waals surface area contributed by atoms with Gasteiger partial charge in [0.1, 0.15) is 6.04 Å². The van der Waals surface area contributed by atoms with E-state index in [2.05, 4.69) is 5.32 Å². The topological polar surface area (TPSA) is 78.9 Å². The highest BCUT2D eigenvalue weighted by Crippen LogP contribution is 2.42. The van der Waals surface area contributed by atoms with Crippen LogP contribution in [0.25, 0.3) is 0 Å². The number of nitrogens with one attached hydrogen (secondary N) is 1. The molecule has 1 heterocycles. The predicted molar refractivity (Wildman–Crippen MR) is 73.4 cm³/mol. The van der Waals surface area contributed by atoms with Crippen molar-refractivity contribution in [3.05, 3.63) is 0 Å². The number of carboxylic acids is 1. The predicted octanol–water partition coefficient (Wildman–Crippen LogP) is 1.31. The number of fused-ring (bicyclic) bond motifs is 1. The van der Waals surface area contributed by atoms with Crippen LogP contribution in [0.2, 0.25) is 0 Å². The lowest BCUT2D eigenvalue weighted by molar-refractivity contribution is -0.142. The quantitative estimate of drug-likeness (QED) is 0.815. The first-order chi connectivity index (χ1) is 9.35. The number of ether oxygens (including phenoxy) is 1.